The molecule has 2 rings (SSSR count). The number of ether oxygens (including phenoxy) is 2. The predicted octanol–water partition coefficient (Wildman–Crippen LogP) is 2.03. The van der Waals surface area contributed by atoms with Crippen molar-refractivity contribution in [3.8, 4) is 5.75 Å². The van der Waals surface area contributed by atoms with Crippen LogP contribution in [0.3, 0.4) is 0 Å². The first kappa shape index (κ1) is 12.9. The fourth-order valence-electron chi connectivity index (χ4n) is 1.62. The zero-order chi connectivity index (χ0) is 13.7. The Hall–Kier alpha value is -2.56. The van der Waals surface area contributed by atoms with E-state index in [4.69, 9.17) is 15.2 Å². The van der Waals surface area contributed by atoms with E-state index in [1.54, 1.807) is 24.4 Å². The molecule has 0 fully saturated rings. The molecule has 0 amide bonds. The highest BCUT2D eigenvalue weighted by Gasteiger charge is 2.16. The van der Waals surface area contributed by atoms with Gasteiger partial charge in [-0.1, -0.05) is 12.1 Å². The number of methoxy groups -OCH3 is 1. The zero-order valence-electron chi connectivity index (χ0n) is 10.5. The van der Waals surface area contributed by atoms with Crippen LogP contribution in [0.2, 0.25) is 0 Å². The van der Waals surface area contributed by atoms with Gasteiger partial charge in [0.2, 0.25) is 0 Å². The molecule has 0 aliphatic rings. The number of nitrogens with two attached hydrogens (primary N) is 1. The summed E-state index contributed by atoms with van der Waals surface area (Å²) in [7, 11) is 1.30. The second-order valence-corrected chi connectivity index (χ2v) is 3.82. The smallest absolute Gasteiger partial charge is 0.343 e. The topological polar surface area (TPSA) is 74.4 Å². The van der Waals surface area contributed by atoms with Gasteiger partial charge in [0.15, 0.2) is 0 Å². The Labute approximate surface area is 111 Å². The van der Waals surface area contributed by atoms with Gasteiger partial charge in [0.1, 0.15) is 17.9 Å². The SMILES string of the molecule is COC(=O)c1c(N)cccc1OCc1ccccn1. The van der Waals surface area contributed by atoms with E-state index >= 15 is 0 Å². The number of carbonyl (C=O) groups excluding carboxylic acids is 1. The molecule has 2 N–H and O–H groups in total. The normalized spacial score (nSPS) is 9.95. The summed E-state index contributed by atoms with van der Waals surface area (Å²) in [5, 5.41) is 0. The third kappa shape index (κ3) is 3.01. The minimum absolute atomic E-state index is 0.237. The number of anilines is 1. The van der Waals surface area contributed by atoms with Crippen LogP contribution in [0.25, 0.3) is 0 Å². The van der Waals surface area contributed by atoms with Crippen LogP contribution in [-0.4, -0.2) is 18.1 Å². The minimum Gasteiger partial charge on any atom is -0.486 e. The summed E-state index contributed by atoms with van der Waals surface area (Å²) in [4.78, 5) is 15.8. The van der Waals surface area contributed by atoms with Crippen molar-refractivity contribution in [2.45, 2.75) is 6.61 Å². The molecule has 98 valence electrons. The summed E-state index contributed by atoms with van der Waals surface area (Å²) in [5.41, 5.74) is 7.10. The number of rotatable bonds is 4. The maximum atomic E-state index is 11.7. The lowest BCUT2D eigenvalue weighted by molar-refractivity contribution is 0.0597. The van der Waals surface area contributed by atoms with Crippen molar-refractivity contribution in [3.63, 3.8) is 0 Å². The average molecular weight is 258 g/mol. The van der Waals surface area contributed by atoms with E-state index in [1.807, 2.05) is 18.2 Å². The lowest BCUT2D eigenvalue weighted by Crippen LogP contribution is -2.09. The second-order valence-electron chi connectivity index (χ2n) is 3.82. The molecule has 0 saturated heterocycles. The number of pyridine rings is 1. The molecule has 5 nitrogen and oxygen atoms in total. The van der Waals surface area contributed by atoms with Crippen LogP contribution in [0.5, 0.6) is 5.75 Å². The summed E-state index contributed by atoms with van der Waals surface area (Å²) in [6, 6.07) is 10.5. The van der Waals surface area contributed by atoms with Gasteiger partial charge in [-0.25, -0.2) is 4.79 Å². The Bertz CT molecular complexity index is 570. The number of benzene rings is 1. The first-order chi connectivity index (χ1) is 9.22. The Balaban J connectivity index is 2.21. The number of aromatic nitrogens is 1. The highest BCUT2D eigenvalue weighted by atomic mass is 16.5. The summed E-state index contributed by atoms with van der Waals surface area (Å²) >= 11 is 0. The van der Waals surface area contributed by atoms with Gasteiger partial charge in [0.05, 0.1) is 12.8 Å². The standard InChI is InChI=1S/C14H14N2O3/c1-18-14(17)13-11(15)6-4-7-12(13)19-9-10-5-2-3-8-16-10/h2-8H,9,15H2,1H3. The van der Waals surface area contributed by atoms with Crippen molar-refractivity contribution in [2.24, 2.45) is 0 Å². The van der Waals surface area contributed by atoms with Crippen LogP contribution in [-0.2, 0) is 11.3 Å². The molecule has 1 aromatic heterocycles. The largest absolute Gasteiger partial charge is 0.486 e. The maximum Gasteiger partial charge on any atom is 0.343 e. The van der Waals surface area contributed by atoms with Crippen molar-refractivity contribution in [1.82, 2.24) is 4.98 Å². The highest BCUT2D eigenvalue weighted by molar-refractivity contribution is 5.98. The van der Waals surface area contributed by atoms with Crippen LogP contribution in [0, 0.1) is 0 Å². The molecule has 0 unspecified atom stereocenters. The van der Waals surface area contributed by atoms with Crippen LogP contribution in [0.4, 0.5) is 5.69 Å². The molecule has 2 aromatic rings. The monoisotopic (exact) mass is 258 g/mol. The molecular weight excluding hydrogens is 244 g/mol. The molecule has 0 radical (unpaired) electrons. The fraction of sp³-hybridized carbons (Fsp3) is 0.143. The average Bonchev–Trinajstić information content (AvgIpc) is 2.45. The molecule has 0 aliphatic carbocycles. The van der Waals surface area contributed by atoms with Crippen molar-refractivity contribution in [1.29, 1.82) is 0 Å². The van der Waals surface area contributed by atoms with Crippen molar-refractivity contribution in [3.05, 3.63) is 53.9 Å². The summed E-state index contributed by atoms with van der Waals surface area (Å²) in [6.07, 6.45) is 1.68. The lowest BCUT2D eigenvalue weighted by Gasteiger charge is -2.11. The van der Waals surface area contributed by atoms with Gasteiger partial charge in [-0.3, -0.25) is 4.98 Å². The first-order valence-electron chi connectivity index (χ1n) is 5.72. The highest BCUT2D eigenvalue weighted by Crippen LogP contribution is 2.25. The van der Waals surface area contributed by atoms with Crippen LogP contribution in [0.15, 0.2) is 42.6 Å². The van der Waals surface area contributed by atoms with Crippen molar-refractivity contribution < 1.29 is 14.3 Å². The van der Waals surface area contributed by atoms with Gasteiger partial charge in [-0.15, -0.1) is 0 Å². The molecule has 0 atom stereocenters. The van der Waals surface area contributed by atoms with E-state index in [0.717, 1.165) is 5.69 Å². The molecular formula is C14H14N2O3. The van der Waals surface area contributed by atoms with Crippen LogP contribution in [0.1, 0.15) is 16.1 Å². The Kier molecular flexibility index (Phi) is 3.97. The number of hydrogen-bond acceptors (Lipinski definition) is 5. The van der Waals surface area contributed by atoms with Gasteiger partial charge in [0, 0.05) is 11.9 Å². The van der Waals surface area contributed by atoms with Gasteiger partial charge in [-0.2, -0.15) is 0 Å². The van der Waals surface area contributed by atoms with E-state index in [0.29, 0.717) is 11.4 Å². The number of esters is 1. The van der Waals surface area contributed by atoms with Gasteiger partial charge in [0.25, 0.3) is 0 Å². The molecule has 5 heteroatoms. The summed E-state index contributed by atoms with van der Waals surface area (Å²) < 4.78 is 10.3. The Morgan fingerprint density at radius 2 is 2.11 bits per heavy atom. The molecule has 0 bridgehead atoms. The van der Waals surface area contributed by atoms with E-state index < -0.39 is 5.97 Å². The van der Waals surface area contributed by atoms with Crippen molar-refractivity contribution >= 4 is 11.7 Å². The Morgan fingerprint density at radius 3 is 2.79 bits per heavy atom. The number of hydrogen-bond donors (Lipinski definition) is 1. The summed E-state index contributed by atoms with van der Waals surface area (Å²) in [5.74, 6) is -0.133. The van der Waals surface area contributed by atoms with E-state index in [1.165, 1.54) is 7.11 Å². The molecule has 1 heterocycles. The summed E-state index contributed by atoms with van der Waals surface area (Å²) in [6.45, 7) is 0.258. The molecule has 1 aromatic carbocycles. The third-order valence-electron chi connectivity index (χ3n) is 2.55. The molecule has 0 saturated carbocycles. The van der Waals surface area contributed by atoms with E-state index in [-0.39, 0.29) is 12.2 Å². The van der Waals surface area contributed by atoms with E-state index in [2.05, 4.69) is 4.98 Å². The molecule has 19 heavy (non-hydrogen) atoms. The number of carbonyl (C=O) groups is 1. The molecule has 0 spiro atoms. The lowest BCUT2D eigenvalue weighted by atomic mass is 10.1. The van der Waals surface area contributed by atoms with E-state index in [9.17, 15) is 4.79 Å². The number of nitrogens with zero attached hydrogens (tertiary/aromatic N) is 1. The second kappa shape index (κ2) is 5.86. The first-order valence-corrected chi connectivity index (χ1v) is 5.72. The zero-order valence-corrected chi connectivity index (χ0v) is 10.5. The third-order valence-corrected chi connectivity index (χ3v) is 2.55. The van der Waals surface area contributed by atoms with Crippen LogP contribution >= 0.6 is 0 Å². The predicted molar refractivity (Wildman–Crippen MR) is 70.8 cm³/mol. The number of nitrogen functional groups attached to an aromatic ring is 1. The Morgan fingerprint density at radius 1 is 1.26 bits per heavy atom. The maximum absolute atomic E-state index is 11.7. The minimum atomic E-state index is -0.519. The quantitative estimate of drug-likeness (QED) is 0.671. The van der Waals surface area contributed by atoms with Crippen LogP contribution < -0.4 is 10.5 Å². The fourth-order valence-corrected chi connectivity index (χ4v) is 1.62. The van der Waals surface area contributed by atoms with Gasteiger partial charge in [-0.05, 0) is 24.3 Å². The molecule has 0 aliphatic heterocycles. The van der Waals surface area contributed by atoms with Gasteiger partial charge < -0.3 is 15.2 Å². The van der Waals surface area contributed by atoms with Crippen molar-refractivity contribution in [2.75, 3.05) is 12.8 Å². The van der Waals surface area contributed by atoms with Gasteiger partial charge >= 0.3 is 5.97 Å².